The molecule has 4 heteroatoms. The van der Waals surface area contributed by atoms with Gasteiger partial charge in [0.05, 0.1) is 0 Å². The lowest BCUT2D eigenvalue weighted by Crippen LogP contribution is -1.88. The molecule has 3 nitrogen and oxygen atoms in total. The van der Waals surface area contributed by atoms with E-state index in [1.165, 1.54) is 0 Å². The fourth-order valence-corrected chi connectivity index (χ4v) is 2.96. The van der Waals surface area contributed by atoms with Crippen molar-refractivity contribution in [3.63, 3.8) is 0 Å². The number of aryl methyl sites for hydroxylation is 2. The molecular formula is C14H12O3P+. The van der Waals surface area contributed by atoms with Crippen molar-refractivity contribution in [3.05, 3.63) is 47.5 Å². The van der Waals surface area contributed by atoms with Crippen molar-refractivity contribution in [3.8, 4) is 22.6 Å². The largest absolute Gasteiger partial charge is 0.805 e. The average molecular weight is 259 g/mol. The first-order chi connectivity index (χ1) is 8.66. The molecule has 0 aromatic heterocycles. The summed E-state index contributed by atoms with van der Waals surface area (Å²) in [5, 5.41) is 0. The normalized spacial score (nSPS) is 12.9. The lowest BCUT2D eigenvalue weighted by Gasteiger charge is -2.06. The summed E-state index contributed by atoms with van der Waals surface area (Å²) >= 11 is 0. The van der Waals surface area contributed by atoms with E-state index in [9.17, 15) is 4.57 Å². The fraction of sp³-hybridized carbons (Fsp3) is 0.143. The third-order valence-corrected chi connectivity index (χ3v) is 3.71. The zero-order valence-corrected chi connectivity index (χ0v) is 11.0. The quantitative estimate of drug-likeness (QED) is 0.658. The molecule has 0 amide bonds. The molecule has 0 N–H and O–H groups in total. The zero-order chi connectivity index (χ0) is 12.7. The minimum absolute atomic E-state index is 0.642. The Hall–Kier alpha value is -1.86. The standard InChI is InChI=1S/C14H12O3P/c1-9-5-3-7-11-12-8-4-6-10(2)14(12)17-18(15)16-13(9)11/h3-8H,1-2H3/q+1. The Morgan fingerprint density at radius 3 is 1.72 bits per heavy atom. The van der Waals surface area contributed by atoms with Gasteiger partial charge in [-0.05, 0) is 25.0 Å². The van der Waals surface area contributed by atoms with Crippen molar-refractivity contribution in [2.45, 2.75) is 13.8 Å². The van der Waals surface area contributed by atoms with E-state index in [0.717, 1.165) is 22.3 Å². The van der Waals surface area contributed by atoms with Crippen molar-refractivity contribution in [1.29, 1.82) is 0 Å². The maximum atomic E-state index is 11.8. The van der Waals surface area contributed by atoms with Crippen LogP contribution in [0.3, 0.4) is 0 Å². The van der Waals surface area contributed by atoms with E-state index in [4.69, 9.17) is 9.05 Å². The molecule has 2 aromatic rings. The van der Waals surface area contributed by atoms with E-state index in [1.54, 1.807) is 0 Å². The highest BCUT2D eigenvalue weighted by Gasteiger charge is 2.34. The molecule has 0 saturated heterocycles. The number of benzene rings is 2. The molecule has 1 aliphatic rings. The second-order valence-corrected chi connectivity index (χ2v) is 5.12. The van der Waals surface area contributed by atoms with Crippen LogP contribution < -0.4 is 9.05 Å². The van der Waals surface area contributed by atoms with Crippen molar-refractivity contribution < 1.29 is 13.6 Å². The van der Waals surface area contributed by atoms with Crippen LogP contribution in [0.2, 0.25) is 0 Å². The topological polar surface area (TPSA) is 35.5 Å². The van der Waals surface area contributed by atoms with Gasteiger partial charge in [0.2, 0.25) is 11.5 Å². The van der Waals surface area contributed by atoms with Crippen LogP contribution in [0.4, 0.5) is 0 Å². The maximum absolute atomic E-state index is 11.8. The molecule has 1 heterocycles. The van der Waals surface area contributed by atoms with E-state index in [0.29, 0.717) is 11.5 Å². The third kappa shape index (κ3) is 1.68. The number of rotatable bonds is 0. The number of hydrogen-bond donors (Lipinski definition) is 0. The van der Waals surface area contributed by atoms with Gasteiger partial charge in [-0.2, -0.15) is 0 Å². The molecule has 18 heavy (non-hydrogen) atoms. The Morgan fingerprint density at radius 1 is 0.833 bits per heavy atom. The summed E-state index contributed by atoms with van der Waals surface area (Å²) in [6.45, 7) is 3.87. The summed E-state index contributed by atoms with van der Waals surface area (Å²) in [6, 6.07) is 11.7. The molecule has 0 bridgehead atoms. The summed E-state index contributed by atoms with van der Waals surface area (Å²) in [7, 11) is -2.17. The minimum atomic E-state index is -2.17. The molecular weight excluding hydrogens is 247 g/mol. The maximum Gasteiger partial charge on any atom is 0.805 e. The van der Waals surface area contributed by atoms with Crippen LogP contribution in [-0.2, 0) is 4.57 Å². The summed E-state index contributed by atoms with van der Waals surface area (Å²) in [5.74, 6) is 1.28. The van der Waals surface area contributed by atoms with Gasteiger partial charge >= 0.3 is 8.25 Å². The van der Waals surface area contributed by atoms with Gasteiger partial charge in [0.15, 0.2) is 0 Å². The van der Waals surface area contributed by atoms with E-state index in [-0.39, 0.29) is 0 Å². The number of fused-ring (bicyclic) bond motifs is 3. The Bertz CT molecular complexity index is 594. The smallest absolute Gasteiger partial charge is 0.221 e. The van der Waals surface area contributed by atoms with Crippen molar-refractivity contribution in [2.75, 3.05) is 0 Å². The predicted octanol–water partition coefficient (Wildman–Crippen LogP) is 4.40. The van der Waals surface area contributed by atoms with Gasteiger partial charge in [-0.3, -0.25) is 0 Å². The van der Waals surface area contributed by atoms with Gasteiger partial charge < -0.3 is 0 Å². The van der Waals surface area contributed by atoms with Gasteiger partial charge in [-0.25, -0.2) is 9.05 Å². The summed E-state index contributed by atoms with van der Waals surface area (Å²) < 4.78 is 22.6. The molecule has 1 aliphatic heterocycles. The Balaban J connectivity index is 2.36. The van der Waals surface area contributed by atoms with Crippen molar-refractivity contribution >= 4 is 8.25 Å². The molecule has 2 aromatic carbocycles. The zero-order valence-electron chi connectivity index (χ0n) is 10.1. The molecule has 0 atom stereocenters. The molecule has 0 unspecified atom stereocenters. The lowest BCUT2D eigenvalue weighted by molar-refractivity contribution is 0.419. The molecule has 90 valence electrons. The summed E-state index contributed by atoms with van der Waals surface area (Å²) in [5.41, 5.74) is 3.76. The summed E-state index contributed by atoms with van der Waals surface area (Å²) in [4.78, 5) is 0. The fourth-order valence-electron chi connectivity index (χ4n) is 2.14. The highest BCUT2D eigenvalue weighted by Crippen LogP contribution is 2.48. The Labute approximate surface area is 106 Å². The summed E-state index contributed by atoms with van der Waals surface area (Å²) in [6.07, 6.45) is 0. The van der Waals surface area contributed by atoms with Gasteiger partial charge in [0.1, 0.15) is 0 Å². The molecule has 0 saturated carbocycles. The molecule has 0 spiro atoms. The second kappa shape index (κ2) is 4.11. The first-order valence-electron chi connectivity index (χ1n) is 5.69. The van der Waals surface area contributed by atoms with Crippen molar-refractivity contribution in [1.82, 2.24) is 0 Å². The number of hydrogen-bond acceptors (Lipinski definition) is 3. The Morgan fingerprint density at radius 2 is 1.28 bits per heavy atom. The van der Waals surface area contributed by atoms with Gasteiger partial charge in [0.25, 0.3) is 0 Å². The first-order valence-corrected chi connectivity index (χ1v) is 6.79. The van der Waals surface area contributed by atoms with Crippen LogP contribution in [0.25, 0.3) is 11.1 Å². The van der Waals surface area contributed by atoms with E-state index >= 15 is 0 Å². The molecule has 0 fully saturated rings. The highest BCUT2D eigenvalue weighted by atomic mass is 31.1. The van der Waals surface area contributed by atoms with Crippen LogP contribution in [0.15, 0.2) is 36.4 Å². The van der Waals surface area contributed by atoms with Crippen molar-refractivity contribution in [2.24, 2.45) is 0 Å². The van der Waals surface area contributed by atoms with E-state index < -0.39 is 8.25 Å². The first kappa shape index (κ1) is 11.2. The Kier molecular flexibility index (Phi) is 2.57. The minimum Gasteiger partial charge on any atom is -0.221 e. The van der Waals surface area contributed by atoms with Crippen LogP contribution >= 0.6 is 8.25 Å². The number of para-hydroxylation sites is 2. The van der Waals surface area contributed by atoms with Gasteiger partial charge in [-0.15, -0.1) is 0 Å². The van der Waals surface area contributed by atoms with E-state index in [2.05, 4.69) is 0 Å². The SMILES string of the molecule is Cc1cccc2c1O[P+](=O)Oc1c(C)cccc1-2. The monoisotopic (exact) mass is 259 g/mol. The predicted molar refractivity (Wildman–Crippen MR) is 70.2 cm³/mol. The van der Waals surface area contributed by atoms with Crippen LogP contribution in [-0.4, -0.2) is 0 Å². The van der Waals surface area contributed by atoms with E-state index in [1.807, 2.05) is 50.2 Å². The van der Waals surface area contributed by atoms with Crippen LogP contribution in [0.5, 0.6) is 11.5 Å². The molecule has 0 aliphatic carbocycles. The molecule has 0 radical (unpaired) electrons. The second-order valence-electron chi connectivity index (χ2n) is 4.31. The third-order valence-electron chi connectivity index (χ3n) is 3.05. The van der Waals surface area contributed by atoms with Gasteiger partial charge in [-0.1, -0.05) is 36.4 Å². The van der Waals surface area contributed by atoms with Crippen LogP contribution in [0.1, 0.15) is 11.1 Å². The molecule has 3 rings (SSSR count). The van der Waals surface area contributed by atoms with Crippen LogP contribution in [0, 0.1) is 13.8 Å². The van der Waals surface area contributed by atoms with Gasteiger partial charge in [0, 0.05) is 15.7 Å². The lowest BCUT2D eigenvalue weighted by atomic mass is 9.99. The highest BCUT2D eigenvalue weighted by molar-refractivity contribution is 7.34. The average Bonchev–Trinajstić information content (AvgIpc) is 2.48.